The quantitative estimate of drug-likeness (QED) is 0.462. The van der Waals surface area contributed by atoms with Crippen LogP contribution in [0.2, 0.25) is 0 Å². The number of carbonyl (C=O) groups is 1. The van der Waals surface area contributed by atoms with Crippen LogP contribution >= 0.6 is 22.6 Å². The highest BCUT2D eigenvalue weighted by atomic mass is 127. The van der Waals surface area contributed by atoms with Crippen LogP contribution < -0.4 is 0 Å². The third kappa shape index (κ3) is 2.81. The van der Waals surface area contributed by atoms with E-state index in [-0.39, 0.29) is 11.3 Å². The van der Waals surface area contributed by atoms with Crippen molar-refractivity contribution in [2.24, 2.45) is 0 Å². The minimum absolute atomic E-state index is 0.187. The maximum atomic E-state index is 13.0. The molecule has 0 spiro atoms. The summed E-state index contributed by atoms with van der Waals surface area (Å²) < 4.78 is 28.1. The lowest BCUT2D eigenvalue weighted by molar-refractivity contribution is -0.107. The van der Waals surface area contributed by atoms with Crippen LogP contribution in [-0.4, -0.2) is 18.7 Å². The summed E-state index contributed by atoms with van der Waals surface area (Å²) in [6.07, 6.45) is 2.53. The summed E-state index contributed by atoms with van der Waals surface area (Å²) in [4.78, 5) is 11.2. The minimum Gasteiger partial charge on any atom is -0.303 e. The molecule has 6 heteroatoms. The highest BCUT2D eigenvalue weighted by Gasteiger charge is 2.21. The maximum absolute atomic E-state index is 13.0. The van der Waals surface area contributed by atoms with Gasteiger partial charge in [0.25, 0.3) is 10.0 Å². The molecule has 1 aromatic heterocycles. The SMILES string of the molecule is Cc1ccc(S(=O)(=O)n2cc(CC=O)c3c(I)cccc32)cc1. The van der Waals surface area contributed by atoms with Crippen molar-refractivity contribution in [3.05, 3.63) is 63.4 Å². The first-order valence-corrected chi connectivity index (χ1v) is 9.51. The van der Waals surface area contributed by atoms with E-state index in [2.05, 4.69) is 22.6 Å². The Morgan fingerprint density at radius 3 is 2.48 bits per heavy atom. The Bertz CT molecular complexity index is 989. The number of halogens is 1. The molecule has 0 bridgehead atoms. The standard InChI is InChI=1S/C17H14INO3S/c1-12-5-7-14(8-6-12)23(21,22)19-11-13(9-10-20)17-15(18)3-2-4-16(17)19/h2-8,10-11H,9H2,1H3. The molecule has 2 aromatic carbocycles. The highest BCUT2D eigenvalue weighted by Crippen LogP contribution is 2.29. The molecule has 0 amide bonds. The van der Waals surface area contributed by atoms with E-state index in [1.165, 1.54) is 3.97 Å². The average Bonchev–Trinajstić information content (AvgIpc) is 2.89. The summed E-state index contributed by atoms with van der Waals surface area (Å²) >= 11 is 2.16. The zero-order valence-corrected chi connectivity index (χ0v) is 15.3. The van der Waals surface area contributed by atoms with Crippen LogP contribution in [-0.2, 0) is 21.2 Å². The number of aryl methyl sites for hydroxylation is 1. The van der Waals surface area contributed by atoms with Gasteiger partial charge in [0.1, 0.15) is 6.29 Å². The molecule has 23 heavy (non-hydrogen) atoms. The first-order valence-electron chi connectivity index (χ1n) is 6.99. The molecule has 0 aliphatic rings. The normalized spacial score (nSPS) is 11.7. The molecule has 0 N–H and O–H groups in total. The fraction of sp³-hybridized carbons (Fsp3) is 0.118. The van der Waals surface area contributed by atoms with E-state index in [4.69, 9.17) is 0 Å². The molecule has 0 saturated carbocycles. The molecule has 0 aliphatic carbocycles. The van der Waals surface area contributed by atoms with Gasteiger partial charge in [-0.15, -0.1) is 0 Å². The molecule has 1 heterocycles. The van der Waals surface area contributed by atoms with Gasteiger partial charge in [-0.05, 0) is 59.3 Å². The number of nitrogens with zero attached hydrogens (tertiary/aromatic N) is 1. The van der Waals surface area contributed by atoms with Gasteiger partial charge < -0.3 is 4.79 Å². The van der Waals surface area contributed by atoms with Crippen molar-refractivity contribution in [1.82, 2.24) is 3.97 Å². The summed E-state index contributed by atoms with van der Waals surface area (Å²) in [5, 5.41) is 0.816. The Hall–Kier alpha value is -1.67. The van der Waals surface area contributed by atoms with Gasteiger partial charge >= 0.3 is 0 Å². The predicted octanol–water partition coefficient (Wildman–Crippen LogP) is 3.53. The third-order valence-electron chi connectivity index (χ3n) is 3.70. The maximum Gasteiger partial charge on any atom is 0.268 e. The number of hydrogen-bond donors (Lipinski definition) is 0. The molecule has 4 nitrogen and oxygen atoms in total. The number of carbonyl (C=O) groups excluding carboxylic acids is 1. The molecule has 0 aliphatic heterocycles. The van der Waals surface area contributed by atoms with Crippen molar-refractivity contribution in [2.45, 2.75) is 18.2 Å². The molecule has 0 fully saturated rings. The fourth-order valence-corrected chi connectivity index (χ4v) is 4.77. The van der Waals surface area contributed by atoms with Gasteiger partial charge in [-0.1, -0.05) is 23.8 Å². The van der Waals surface area contributed by atoms with Crippen LogP contribution in [0, 0.1) is 10.5 Å². The second-order valence-electron chi connectivity index (χ2n) is 5.27. The average molecular weight is 439 g/mol. The van der Waals surface area contributed by atoms with Gasteiger partial charge in [0.05, 0.1) is 10.4 Å². The molecule has 118 valence electrons. The summed E-state index contributed by atoms with van der Waals surface area (Å²) in [5.74, 6) is 0. The molecule has 3 rings (SSSR count). The zero-order valence-electron chi connectivity index (χ0n) is 12.4. The lowest BCUT2D eigenvalue weighted by Crippen LogP contribution is -2.11. The topological polar surface area (TPSA) is 56.1 Å². The molecule has 0 radical (unpaired) electrons. The van der Waals surface area contributed by atoms with Gasteiger partial charge in [0.15, 0.2) is 0 Å². The van der Waals surface area contributed by atoms with Crippen LogP contribution in [0.3, 0.4) is 0 Å². The van der Waals surface area contributed by atoms with E-state index in [1.54, 1.807) is 36.5 Å². The van der Waals surface area contributed by atoms with Crippen molar-refractivity contribution < 1.29 is 13.2 Å². The van der Waals surface area contributed by atoms with Crippen molar-refractivity contribution in [3.8, 4) is 0 Å². The smallest absolute Gasteiger partial charge is 0.268 e. The number of rotatable bonds is 4. The summed E-state index contributed by atoms with van der Waals surface area (Å²) in [6.45, 7) is 1.91. The van der Waals surface area contributed by atoms with Crippen LogP contribution in [0.25, 0.3) is 10.9 Å². The Kier molecular flexibility index (Phi) is 4.29. The Labute approximate surface area is 148 Å². The van der Waals surface area contributed by atoms with Crippen molar-refractivity contribution in [1.29, 1.82) is 0 Å². The van der Waals surface area contributed by atoms with Gasteiger partial charge in [-0.3, -0.25) is 0 Å². The Morgan fingerprint density at radius 1 is 1.13 bits per heavy atom. The summed E-state index contributed by atoms with van der Waals surface area (Å²) in [6, 6.07) is 12.2. The second-order valence-corrected chi connectivity index (χ2v) is 8.25. The Balaban J connectivity index is 2.29. The predicted molar refractivity (Wildman–Crippen MR) is 98.2 cm³/mol. The molecule has 0 atom stereocenters. The largest absolute Gasteiger partial charge is 0.303 e. The zero-order chi connectivity index (χ0) is 16.6. The molecule has 0 unspecified atom stereocenters. The highest BCUT2D eigenvalue weighted by molar-refractivity contribution is 14.1. The first-order chi connectivity index (χ1) is 10.9. The second kappa shape index (κ2) is 6.09. The third-order valence-corrected chi connectivity index (χ3v) is 6.29. The van der Waals surface area contributed by atoms with Crippen LogP contribution in [0.1, 0.15) is 11.1 Å². The lowest BCUT2D eigenvalue weighted by Gasteiger charge is -2.08. The van der Waals surface area contributed by atoms with Gasteiger partial charge in [-0.2, -0.15) is 0 Å². The van der Waals surface area contributed by atoms with Crippen LogP contribution in [0.15, 0.2) is 53.6 Å². The van der Waals surface area contributed by atoms with E-state index in [1.807, 2.05) is 19.1 Å². The van der Waals surface area contributed by atoms with E-state index in [0.29, 0.717) is 5.52 Å². The van der Waals surface area contributed by atoms with E-state index in [9.17, 15) is 13.2 Å². The monoisotopic (exact) mass is 439 g/mol. The van der Waals surface area contributed by atoms with Crippen LogP contribution in [0.5, 0.6) is 0 Å². The number of aromatic nitrogens is 1. The first kappa shape index (κ1) is 16.2. The minimum atomic E-state index is -3.70. The number of benzene rings is 2. The Morgan fingerprint density at radius 2 is 1.83 bits per heavy atom. The van der Waals surface area contributed by atoms with Crippen molar-refractivity contribution in [2.75, 3.05) is 0 Å². The summed E-state index contributed by atoms with van der Waals surface area (Å²) in [5.41, 5.74) is 2.31. The number of aldehydes is 1. The summed E-state index contributed by atoms with van der Waals surface area (Å²) in [7, 11) is -3.70. The molecule has 0 saturated heterocycles. The number of fused-ring (bicyclic) bond motifs is 1. The molecule has 3 aromatic rings. The fourth-order valence-electron chi connectivity index (χ4n) is 2.56. The lowest BCUT2D eigenvalue weighted by atomic mass is 10.1. The van der Waals surface area contributed by atoms with E-state index in [0.717, 1.165) is 26.4 Å². The number of hydrogen-bond acceptors (Lipinski definition) is 3. The van der Waals surface area contributed by atoms with Crippen molar-refractivity contribution >= 4 is 49.8 Å². The van der Waals surface area contributed by atoms with Gasteiger partial charge in [-0.25, -0.2) is 12.4 Å². The molecular weight excluding hydrogens is 425 g/mol. The van der Waals surface area contributed by atoms with Crippen molar-refractivity contribution in [3.63, 3.8) is 0 Å². The van der Waals surface area contributed by atoms with Crippen LogP contribution in [0.4, 0.5) is 0 Å². The molecular formula is C17H14INO3S. The van der Waals surface area contributed by atoms with E-state index < -0.39 is 10.0 Å². The van der Waals surface area contributed by atoms with E-state index >= 15 is 0 Å². The van der Waals surface area contributed by atoms with Gasteiger partial charge in [0.2, 0.25) is 0 Å². The van der Waals surface area contributed by atoms with Gasteiger partial charge in [0, 0.05) is 21.6 Å².